The standard InChI is InChI=1S/C19H21NO2/c1-2-20-11-9-19(10-12-20)13-16(21)18-15-6-4-3-5-14(15)7-8-17(18)22-19/h3-8H,2,9-13H2,1H3. The molecule has 0 unspecified atom stereocenters. The van der Waals surface area contributed by atoms with Gasteiger partial charge in [-0.2, -0.15) is 0 Å². The topological polar surface area (TPSA) is 29.5 Å². The summed E-state index contributed by atoms with van der Waals surface area (Å²) < 4.78 is 6.38. The monoisotopic (exact) mass is 295 g/mol. The van der Waals surface area contributed by atoms with Crippen molar-refractivity contribution >= 4 is 16.6 Å². The molecule has 2 heterocycles. The van der Waals surface area contributed by atoms with Crippen molar-refractivity contribution in [2.24, 2.45) is 0 Å². The first kappa shape index (κ1) is 13.8. The Morgan fingerprint density at radius 1 is 1.14 bits per heavy atom. The molecule has 0 bridgehead atoms. The number of likely N-dealkylation sites (tertiary alicyclic amines) is 1. The first-order chi connectivity index (χ1) is 10.7. The van der Waals surface area contributed by atoms with E-state index in [9.17, 15) is 4.79 Å². The molecule has 1 saturated heterocycles. The number of ketones is 1. The molecule has 4 rings (SSSR count). The number of rotatable bonds is 1. The molecule has 0 aliphatic carbocycles. The third-order valence-corrected chi connectivity index (χ3v) is 5.19. The van der Waals surface area contributed by atoms with E-state index in [-0.39, 0.29) is 11.4 Å². The summed E-state index contributed by atoms with van der Waals surface area (Å²) in [7, 11) is 0. The zero-order valence-electron chi connectivity index (χ0n) is 13.0. The second-order valence-electron chi connectivity index (χ2n) is 6.48. The van der Waals surface area contributed by atoms with Gasteiger partial charge in [0.25, 0.3) is 0 Å². The number of benzene rings is 2. The maximum absolute atomic E-state index is 12.8. The van der Waals surface area contributed by atoms with Crippen LogP contribution in [-0.2, 0) is 0 Å². The molecular formula is C19H21NO2. The summed E-state index contributed by atoms with van der Waals surface area (Å²) in [6.07, 6.45) is 2.41. The van der Waals surface area contributed by atoms with Gasteiger partial charge in [0.05, 0.1) is 12.0 Å². The molecule has 3 nitrogen and oxygen atoms in total. The summed E-state index contributed by atoms with van der Waals surface area (Å²) in [5.74, 6) is 1.02. The Balaban J connectivity index is 1.73. The van der Waals surface area contributed by atoms with Gasteiger partial charge in [0, 0.05) is 25.9 Å². The summed E-state index contributed by atoms with van der Waals surface area (Å²) >= 11 is 0. The molecule has 1 fully saturated rings. The fourth-order valence-electron chi connectivity index (χ4n) is 3.83. The lowest BCUT2D eigenvalue weighted by Gasteiger charge is -2.44. The smallest absolute Gasteiger partial charge is 0.171 e. The summed E-state index contributed by atoms with van der Waals surface area (Å²) in [6.45, 7) is 5.30. The van der Waals surface area contributed by atoms with E-state index < -0.39 is 0 Å². The lowest BCUT2D eigenvalue weighted by molar-refractivity contribution is -0.00754. The third kappa shape index (κ3) is 2.12. The van der Waals surface area contributed by atoms with Crippen LogP contribution in [-0.4, -0.2) is 35.9 Å². The summed E-state index contributed by atoms with van der Waals surface area (Å²) in [6, 6.07) is 12.1. The molecule has 1 spiro atoms. The normalized spacial score (nSPS) is 20.9. The van der Waals surface area contributed by atoms with E-state index in [1.54, 1.807) is 0 Å². The number of Topliss-reactive ketones (excluding diaryl/α,β-unsaturated/α-hetero) is 1. The van der Waals surface area contributed by atoms with Gasteiger partial charge in [-0.05, 0) is 23.4 Å². The van der Waals surface area contributed by atoms with E-state index >= 15 is 0 Å². The minimum absolute atomic E-state index is 0.239. The molecule has 2 aliphatic heterocycles. The maximum Gasteiger partial charge on any atom is 0.171 e. The first-order valence-electron chi connectivity index (χ1n) is 8.17. The summed E-state index contributed by atoms with van der Waals surface area (Å²) in [4.78, 5) is 15.3. The Labute approximate surface area is 130 Å². The number of hydrogen-bond acceptors (Lipinski definition) is 3. The van der Waals surface area contributed by atoms with E-state index in [0.29, 0.717) is 6.42 Å². The molecule has 0 aromatic heterocycles. The zero-order chi connectivity index (χ0) is 15.2. The molecule has 22 heavy (non-hydrogen) atoms. The highest BCUT2D eigenvalue weighted by Gasteiger charge is 2.43. The van der Waals surface area contributed by atoms with Gasteiger partial charge in [-0.3, -0.25) is 4.79 Å². The Kier molecular flexibility index (Phi) is 3.19. The fourth-order valence-corrected chi connectivity index (χ4v) is 3.83. The van der Waals surface area contributed by atoms with Crippen molar-refractivity contribution in [3.05, 3.63) is 42.0 Å². The van der Waals surface area contributed by atoms with E-state index in [0.717, 1.165) is 54.6 Å². The van der Waals surface area contributed by atoms with Gasteiger partial charge in [-0.25, -0.2) is 0 Å². The lowest BCUT2D eigenvalue weighted by Crippen LogP contribution is -2.50. The van der Waals surface area contributed by atoms with Crippen LogP contribution in [0.4, 0.5) is 0 Å². The van der Waals surface area contributed by atoms with Crippen molar-refractivity contribution in [1.82, 2.24) is 4.90 Å². The first-order valence-corrected chi connectivity index (χ1v) is 8.17. The minimum Gasteiger partial charge on any atom is -0.486 e. The van der Waals surface area contributed by atoms with Crippen LogP contribution < -0.4 is 4.74 Å². The second kappa shape index (κ2) is 5.10. The van der Waals surface area contributed by atoms with Crippen molar-refractivity contribution in [2.75, 3.05) is 19.6 Å². The SMILES string of the molecule is CCN1CCC2(CC1)CC(=O)c1c(ccc3ccccc13)O2. The van der Waals surface area contributed by atoms with Crippen LogP contribution in [0.15, 0.2) is 36.4 Å². The average Bonchev–Trinajstić information content (AvgIpc) is 2.55. The summed E-state index contributed by atoms with van der Waals surface area (Å²) in [5.41, 5.74) is 0.500. The molecule has 0 amide bonds. The van der Waals surface area contributed by atoms with Crippen LogP contribution in [0.2, 0.25) is 0 Å². The van der Waals surface area contributed by atoms with Crippen molar-refractivity contribution in [3.63, 3.8) is 0 Å². The van der Waals surface area contributed by atoms with E-state index in [2.05, 4.69) is 17.9 Å². The highest BCUT2D eigenvalue weighted by molar-refractivity contribution is 6.11. The Bertz CT molecular complexity index is 729. The van der Waals surface area contributed by atoms with Crippen molar-refractivity contribution in [2.45, 2.75) is 31.8 Å². The predicted octanol–water partition coefficient (Wildman–Crippen LogP) is 3.66. The number of piperidine rings is 1. The van der Waals surface area contributed by atoms with Gasteiger partial charge in [0.2, 0.25) is 0 Å². The van der Waals surface area contributed by atoms with Gasteiger partial charge in [-0.15, -0.1) is 0 Å². The van der Waals surface area contributed by atoms with Crippen molar-refractivity contribution in [3.8, 4) is 5.75 Å². The highest BCUT2D eigenvalue weighted by Crippen LogP contribution is 2.41. The predicted molar refractivity (Wildman–Crippen MR) is 87.6 cm³/mol. The lowest BCUT2D eigenvalue weighted by atomic mass is 9.81. The number of nitrogens with zero attached hydrogens (tertiary/aromatic N) is 1. The molecule has 0 atom stereocenters. The number of carbonyl (C=O) groups excluding carboxylic acids is 1. The van der Waals surface area contributed by atoms with E-state index in [1.807, 2.05) is 30.3 Å². The molecule has 0 N–H and O–H groups in total. The van der Waals surface area contributed by atoms with E-state index in [1.165, 1.54) is 0 Å². The summed E-state index contributed by atoms with van der Waals surface area (Å²) in [5, 5.41) is 2.13. The van der Waals surface area contributed by atoms with Crippen LogP contribution in [0.3, 0.4) is 0 Å². The average molecular weight is 295 g/mol. The molecular weight excluding hydrogens is 274 g/mol. The number of fused-ring (bicyclic) bond motifs is 3. The number of ether oxygens (including phenoxy) is 1. The molecule has 2 aliphatic rings. The molecule has 0 saturated carbocycles. The van der Waals surface area contributed by atoms with Gasteiger partial charge in [0.15, 0.2) is 5.78 Å². The largest absolute Gasteiger partial charge is 0.486 e. The quantitative estimate of drug-likeness (QED) is 0.804. The maximum atomic E-state index is 12.8. The van der Waals surface area contributed by atoms with Gasteiger partial charge in [-0.1, -0.05) is 37.3 Å². The van der Waals surface area contributed by atoms with Crippen molar-refractivity contribution in [1.29, 1.82) is 0 Å². The minimum atomic E-state index is -0.280. The van der Waals surface area contributed by atoms with Crippen molar-refractivity contribution < 1.29 is 9.53 Å². The van der Waals surface area contributed by atoms with Crippen LogP contribution in [0.25, 0.3) is 10.8 Å². The van der Waals surface area contributed by atoms with Gasteiger partial charge < -0.3 is 9.64 Å². The molecule has 0 radical (unpaired) electrons. The Morgan fingerprint density at radius 2 is 1.91 bits per heavy atom. The highest BCUT2D eigenvalue weighted by atomic mass is 16.5. The van der Waals surface area contributed by atoms with Gasteiger partial charge in [0.1, 0.15) is 11.4 Å². The van der Waals surface area contributed by atoms with Crippen LogP contribution in [0, 0.1) is 0 Å². The Hall–Kier alpha value is -1.87. The molecule has 3 heteroatoms. The second-order valence-corrected chi connectivity index (χ2v) is 6.48. The third-order valence-electron chi connectivity index (χ3n) is 5.19. The molecule has 2 aromatic carbocycles. The van der Waals surface area contributed by atoms with Crippen LogP contribution in [0.1, 0.15) is 36.5 Å². The van der Waals surface area contributed by atoms with E-state index in [4.69, 9.17) is 4.74 Å². The molecule has 114 valence electrons. The van der Waals surface area contributed by atoms with Crippen LogP contribution in [0.5, 0.6) is 5.75 Å². The zero-order valence-corrected chi connectivity index (χ0v) is 13.0. The Morgan fingerprint density at radius 3 is 2.68 bits per heavy atom. The van der Waals surface area contributed by atoms with Gasteiger partial charge >= 0.3 is 0 Å². The van der Waals surface area contributed by atoms with Crippen LogP contribution >= 0.6 is 0 Å². The number of carbonyl (C=O) groups is 1. The molecule has 2 aromatic rings. The fraction of sp³-hybridized carbons (Fsp3) is 0.421. The number of hydrogen-bond donors (Lipinski definition) is 0.